The van der Waals surface area contributed by atoms with Crippen molar-refractivity contribution in [2.75, 3.05) is 6.61 Å². The van der Waals surface area contributed by atoms with Crippen LogP contribution < -0.4 is 14.9 Å². The van der Waals surface area contributed by atoms with Crippen molar-refractivity contribution in [3.63, 3.8) is 0 Å². The fourth-order valence-electron chi connectivity index (χ4n) is 3.25. The van der Waals surface area contributed by atoms with Crippen LogP contribution in [0.25, 0.3) is 10.8 Å². The highest BCUT2D eigenvalue weighted by molar-refractivity contribution is 6.43. The molecule has 0 fully saturated rings. The van der Waals surface area contributed by atoms with Crippen LogP contribution in [-0.4, -0.2) is 24.7 Å². The number of benzene rings is 4. The molecule has 4 aromatic carbocycles. The van der Waals surface area contributed by atoms with Gasteiger partial charge in [-0.3, -0.25) is 4.79 Å². The summed E-state index contributed by atoms with van der Waals surface area (Å²) in [5.74, 6) is -0.705. The molecule has 4 aromatic rings. The molecule has 1 amide bonds. The van der Waals surface area contributed by atoms with Gasteiger partial charge in [0.15, 0.2) is 6.61 Å². The summed E-state index contributed by atoms with van der Waals surface area (Å²) >= 11 is 24.1. The second-order valence-corrected chi connectivity index (χ2v) is 8.97. The number of carbonyl (C=O) groups is 2. The summed E-state index contributed by atoms with van der Waals surface area (Å²) in [6.07, 6.45) is 1.39. The second kappa shape index (κ2) is 11.6. The van der Waals surface area contributed by atoms with Crippen LogP contribution in [-0.2, 0) is 4.79 Å². The van der Waals surface area contributed by atoms with Gasteiger partial charge in [-0.2, -0.15) is 5.10 Å². The van der Waals surface area contributed by atoms with Crippen molar-refractivity contribution in [1.29, 1.82) is 0 Å². The quantitative estimate of drug-likeness (QED) is 0.112. The predicted octanol–water partition coefficient (Wildman–Crippen LogP) is 7.20. The van der Waals surface area contributed by atoms with Gasteiger partial charge >= 0.3 is 5.97 Å². The number of nitrogens with zero attached hydrogens (tertiary/aromatic N) is 1. The average molecular weight is 562 g/mol. The Balaban J connectivity index is 1.52. The largest absolute Gasteiger partial charge is 0.482 e. The van der Waals surface area contributed by atoms with Gasteiger partial charge in [-0.25, -0.2) is 10.2 Å². The van der Waals surface area contributed by atoms with Gasteiger partial charge in [0.2, 0.25) is 0 Å². The van der Waals surface area contributed by atoms with E-state index < -0.39 is 11.9 Å². The molecule has 0 bridgehead atoms. The van der Waals surface area contributed by atoms with Crippen molar-refractivity contribution in [3.8, 4) is 11.5 Å². The molecule has 36 heavy (non-hydrogen) atoms. The maximum Gasteiger partial charge on any atom is 0.345 e. The van der Waals surface area contributed by atoms with Crippen molar-refractivity contribution in [3.05, 3.63) is 104 Å². The van der Waals surface area contributed by atoms with Crippen LogP contribution in [0.1, 0.15) is 15.9 Å². The molecule has 4 rings (SSSR count). The van der Waals surface area contributed by atoms with Crippen LogP contribution in [0.4, 0.5) is 0 Å². The maximum atomic E-state index is 12.8. The van der Waals surface area contributed by atoms with Crippen molar-refractivity contribution in [2.24, 2.45) is 5.10 Å². The van der Waals surface area contributed by atoms with Crippen LogP contribution >= 0.6 is 46.4 Å². The lowest BCUT2D eigenvalue weighted by atomic mass is 10.0. The fraction of sp³-hybridized carbons (Fsp3) is 0.0385. The van der Waals surface area contributed by atoms with E-state index in [1.807, 2.05) is 24.3 Å². The van der Waals surface area contributed by atoms with Gasteiger partial charge in [-0.1, -0.05) is 82.8 Å². The Morgan fingerprint density at radius 2 is 1.67 bits per heavy atom. The van der Waals surface area contributed by atoms with Gasteiger partial charge in [0.1, 0.15) is 16.5 Å². The van der Waals surface area contributed by atoms with Gasteiger partial charge in [-0.05, 0) is 47.2 Å². The number of hydrogen-bond acceptors (Lipinski definition) is 5. The molecule has 0 saturated heterocycles. The Bertz CT molecular complexity index is 1490. The van der Waals surface area contributed by atoms with Gasteiger partial charge in [0, 0.05) is 10.6 Å². The smallest absolute Gasteiger partial charge is 0.345 e. The number of hydrazone groups is 1. The van der Waals surface area contributed by atoms with Gasteiger partial charge in [0.25, 0.3) is 5.91 Å². The molecule has 0 aromatic heterocycles. The normalized spacial score (nSPS) is 11.0. The summed E-state index contributed by atoms with van der Waals surface area (Å²) in [6, 6.07) is 20.2. The number of nitrogens with one attached hydrogen (secondary N) is 1. The number of fused-ring (bicyclic) bond motifs is 1. The summed E-state index contributed by atoms with van der Waals surface area (Å²) in [4.78, 5) is 25.0. The average Bonchev–Trinajstić information content (AvgIpc) is 2.86. The van der Waals surface area contributed by atoms with Crippen LogP contribution in [0.5, 0.6) is 11.5 Å². The highest BCUT2D eigenvalue weighted by Crippen LogP contribution is 2.31. The summed E-state index contributed by atoms with van der Waals surface area (Å²) in [7, 11) is 0. The van der Waals surface area contributed by atoms with Crippen LogP contribution in [0.15, 0.2) is 77.9 Å². The molecule has 0 atom stereocenters. The summed E-state index contributed by atoms with van der Waals surface area (Å²) in [6.45, 7) is -0.343. The van der Waals surface area contributed by atoms with E-state index in [-0.39, 0.29) is 33.7 Å². The van der Waals surface area contributed by atoms with E-state index >= 15 is 0 Å². The van der Waals surface area contributed by atoms with Crippen molar-refractivity contribution < 1.29 is 19.1 Å². The van der Waals surface area contributed by atoms with E-state index in [9.17, 15) is 9.59 Å². The van der Waals surface area contributed by atoms with E-state index in [1.165, 1.54) is 18.3 Å². The lowest BCUT2D eigenvalue weighted by molar-refractivity contribution is -0.123. The van der Waals surface area contributed by atoms with Crippen LogP contribution in [0.2, 0.25) is 20.1 Å². The number of ether oxygens (including phenoxy) is 2. The van der Waals surface area contributed by atoms with Crippen LogP contribution in [0.3, 0.4) is 0 Å². The zero-order valence-electron chi connectivity index (χ0n) is 18.3. The fourth-order valence-corrected chi connectivity index (χ4v) is 4.08. The minimum absolute atomic E-state index is 0.155. The Kier molecular flexibility index (Phi) is 8.33. The molecule has 0 unspecified atom stereocenters. The zero-order valence-corrected chi connectivity index (χ0v) is 21.3. The highest BCUT2D eigenvalue weighted by Gasteiger charge is 2.16. The third kappa shape index (κ3) is 6.09. The molecule has 182 valence electrons. The molecule has 1 N–H and O–H groups in total. The standard InChI is InChI=1S/C26H16Cl4N2O4/c27-16-9-10-18(21(29)12-16)26(34)36-22-11-8-15-4-1-2-5-17(15)19(22)13-31-32-24(33)14-35-23-7-3-6-20(28)25(23)30/h1-13H,14H2,(H,32,33)/b31-13+. The lowest BCUT2D eigenvalue weighted by Crippen LogP contribution is -2.24. The first kappa shape index (κ1) is 25.8. The van der Waals surface area contributed by atoms with E-state index in [0.29, 0.717) is 15.6 Å². The van der Waals surface area contributed by atoms with E-state index in [4.69, 9.17) is 55.9 Å². The Hall–Kier alpha value is -3.29. The number of hydrogen-bond donors (Lipinski definition) is 1. The van der Waals surface area contributed by atoms with E-state index in [0.717, 1.165) is 10.8 Å². The van der Waals surface area contributed by atoms with E-state index in [2.05, 4.69) is 10.5 Å². The summed E-state index contributed by atoms with van der Waals surface area (Å²) in [5, 5.41) is 6.73. The third-order valence-electron chi connectivity index (χ3n) is 4.94. The molecular formula is C26H16Cl4N2O4. The molecule has 10 heteroatoms. The van der Waals surface area contributed by atoms with E-state index in [1.54, 1.807) is 36.4 Å². The molecule has 6 nitrogen and oxygen atoms in total. The minimum atomic E-state index is -0.669. The van der Waals surface area contributed by atoms with Gasteiger partial charge in [-0.15, -0.1) is 0 Å². The van der Waals surface area contributed by atoms with Crippen molar-refractivity contribution in [1.82, 2.24) is 5.43 Å². The van der Waals surface area contributed by atoms with Gasteiger partial charge < -0.3 is 9.47 Å². The summed E-state index contributed by atoms with van der Waals surface area (Å²) < 4.78 is 11.0. The Morgan fingerprint density at radius 1 is 0.861 bits per heavy atom. The number of esters is 1. The topological polar surface area (TPSA) is 77.0 Å². The van der Waals surface area contributed by atoms with Gasteiger partial charge in [0.05, 0.1) is 21.8 Å². The number of halogens is 4. The molecule has 0 aliphatic heterocycles. The first-order valence-electron chi connectivity index (χ1n) is 10.4. The molecule has 0 radical (unpaired) electrons. The number of carbonyl (C=O) groups excluding carboxylic acids is 2. The molecule has 0 saturated carbocycles. The Morgan fingerprint density at radius 3 is 2.47 bits per heavy atom. The highest BCUT2D eigenvalue weighted by atomic mass is 35.5. The van der Waals surface area contributed by atoms with Crippen LogP contribution in [0, 0.1) is 0 Å². The number of rotatable bonds is 7. The lowest BCUT2D eigenvalue weighted by Gasteiger charge is -2.11. The first-order valence-corrected chi connectivity index (χ1v) is 11.9. The maximum absolute atomic E-state index is 12.8. The molecule has 0 spiro atoms. The molecule has 0 aliphatic carbocycles. The number of amides is 1. The van der Waals surface area contributed by atoms with Crippen molar-refractivity contribution in [2.45, 2.75) is 0 Å². The minimum Gasteiger partial charge on any atom is -0.482 e. The van der Waals surface area contributed by atoms with Crippen molar-refractivity contribution >= 4 is 75.3 Å². The molecule has 0 aliphatic rings. The third-order valence-corrected chi connectivity index (χ3v) is 6.29. The molecular weight excluding hydrogens is 546 g/mol. The monoisotopic (exact) mass is 560 g/mol. The zero-order chi connectivity index (χ0) is 25.7. The predicted molar refractivity (Wildman–Crippen MR) is 143 cm³/mol. The Labute approximate surface area is 226 Å². The SMILES string of the molecule is O=C(COc1cccc(Cl)c1Cl)N/N=C/c1c(OC(=O)c2ccc(Cl)cc2Cl)ccc2ccccc12. The first-order chi connectivity index (χ1) is 17.3. The summed E-state index contributed by atoms with van der Waals surface area (Å²) in [5.41, 5.74) is 3.01. The molecule has 0 heterocycles. The second-order valence-electron chi connectivity index (χ2n) is 7.35.